The molecule has 1 spiro atoms. The Labute approximate surface area is 173 Å². The molecule has 2 aliphatic rings. The van der Waals surface area contributed by atoms with E-state index in [0.717, 1.165) is 29.1 Å². The molecule has 1 saturated heterocycles. The van der Waals surface area contributed by atoms with Crippen LogP contribution in [0.5, 0.6) is 0 Å². The monoisotopic (exact) mass is 422 g/mol. The van der Waals surface area contributed by atoms with E-state index in [4.69, 9.17) is 5.26 Å². The van der Waals surface area contributed by atoms with Gasteiger partial charge < -0.3 is 5.32 Å². The number of nitrogens with zero attached hydrogens (tertiary/aromatic N) is 3. The molecular formula is C21H25F3N4O2. The molecule has 0 aromatic heterocycles. The Morgan fingerprint density at radius 3 is 2.33 bits per heavy atom. The molecule has 1 N–H and O–H groups in total. The Morgan fingerprint density at radius 2 is 1.80 bits per heavy atom. The fraction of sp³-hybridized carbons (Fsp3) is 0.571. The molecule has 1 aliphatic heterocycles. The van der Waals surface area contributed by atoms with E-state index in [2.05, 4.69) is 5.32 Å². The number of carbonyl (C=O) groups excluding carboxylic acids is 2. The van der Waals surface area contributed by atoms with Crippen molar-refractivity contribution >= 4 is 11.9 Å². The van der Waals surface area contributed by atoms with Gasteiger partial charge in [0.05, 0.1) is 24.8 Å². The van der Waals surface area contributed by atoms with Gasteiger partial charge in [-0.25, -0.2) is 9.69 Å². The molecule has 2 fully saturated rings. The number of hydrogen-bond acceptors (Lipinski definition) is 4. The summed E-state index contributed by atoms with van der Waals surface area (Å²) in [6, 6.07) is 7.50. The Morgan fingerprint density at radius 1 is 1.20 bits per heavy atom. The highest BCUT2D eigenvalue weighted by atomic mass is 19.4. The highest BCUT2D eigenvalue weighted by Crippen LogP contribution is 2.42. The summed E-state index contributed by atoms with van der Waals surface area (Å²) in [5.74, 6) is -0.617. The number of benzene rings is 1. The summed E-state index contributed by atoms with van der Waals surface area (Å²) in [5.41, 5.74) is -0.0925. The molecule has 1 heterocycles. The minimum absolute atomic E-state index is 0.0858. The Kier molecular flexibility index (Phi) is 6.09. The summed E-state index contributed by atoms with van der Waals surface area (Å²) >= 11 is 0. The van der Waals surface area contributed by atoms with Gasteiger partial charge in [0.1, 0.15) is 5.54 Å². The lowest BCUT2D eigenvalue weighted by molar-refractivity contribution is -0.155. The van der Waals surface area contributed by atoms with Crippen LogP contribution in [0.4, 0.5) is 18.0 Å². The van der Waals surface area contributed by atoms with Crippen molar-refractivity contribution in [1.82, 2.24) is 15.1 Å². The number of rotatable bonds is 5. The second-order valence-corrected chi connectivity index (χ2v) is 8.32. The van der Waals surface area contributed by atoms with Crippen molar-refractivity contribution in [2.75, 3.05) is 13.2 Å². The Bertz CT molecular complexity index is 837. The van der Waals surface area contributed by atoms with Crippen LogP contribution in [0.3, 0.4) is 0 Å². The van der Waals surface area contributed by atoms with Crippen molar-refractivity contribution in [3.63, 3.8) is 0 Å². The first-order valence-electron chi connectivity index (χ1n) is 9.99. The Balaban J connectivity index is 1.82. The molecular weight excluding hydrogens is 397 g/mol. The predicted molar refractivity (Wildman–Crippen MR) is 103 cm³/mol. The molecule has 3 rings (SSSR count). The fourth-order valence-electron chi connectivity index (χ4n) is 4.63. The van der Waals surface area contributed by atoms with E-state index in [0.29, 0.717) is 11.1 Å². The average Bonchev–Trinajstić information content (AvgIpc) is 2.91. The zero-order valence-corrected chi connectivity index (χ0v) is 17.0. The van der Waals surface area contributed by atoms with E-state index in [-0.39, 0.29) is 18.4 Å². The summed E-state index contributed by atoms with van der Waals surface area (Å²) in [6.07, 6.45) is -1.98. The minimum atomic E-state index is -4.49. The summed E-state index contributed by atoms with van der Waals surface area (Å²) in [7, 11) is 0. The van der Waals surface area contributed by atoms with Crippen LogP contribution in [0.1, 0.15) is 44.2 Å². The molecule has 0 bridgehead atoms. The van der Waals surface area contributed by atoms with Gasteiger partial charge in [0.25, 0.3) is 5.91 Å². The number of carbonyl (C=O) groups is 2. The number of nitriles is 1. The van der Waals surface area contributed by atoms with Crippen LogP contribution in [0.25, 0.3) is 0 Å². The van der Waals surface area contributed by atoms with Crippen molar-refractivity contribution in [2.24, 2.45) is 11.8 Å². The van der Waals surface area contributed by atoms with Gasteiger partial charge in [-0.05, 0) is 42.4 Å². The summed E-state index contributed by atoms with van der Waals surface area (Å²) in [6.45, 7) is 1.98. The number of amides is 3. The first kappa shape index (κ1) is 22.1. The molecule has 3 atom stereocenters. The molecule has 162 valence electrons. The maximum atomic E-state index is 13.2. The third kappa shape index (κ3) is 4.29. The number of nitrogens with one attached hydrogen (secondary N) is 1. The number of urea groups is 1. The van der Waals surface area contributed by atoms with Crippen molar-refractivity contribution in [2.45, 2.75) is 51.4 Å². The second kappa shape index (κ2) is 8.26. The number of imide groups is 1. The van der Waals surface area contributed by atoms with Crippen molar-refractivity contribution in [3.05, 3.63) is 35.4 Å². The third-order valence-corrected chi connectivity index (χ3v) is 6.22. The van der Waals surface area contributed by atoms with Gasteiger partial charge in [-0.3, -0.25) is 9.69 Å². The van der Waals surface area contributed by atoms with Gasteiger partial charge in [0, 0.05) is 6.54 Å². The van der Waals surface area contributed by atoms with E-state index >= 15 is 0 Å². The molecule has 1 aromatic carbocycles. The highest BCUT2D eigenvalue weighted by Gasteiger charge is 2.58. The molecule has 0 radical (unpaired) electrons. The van der Waals surface area contributed by atoms with E-state index < -0.39 is 36.9 Å². The van der Waals surface area contributed by atoms with E-state index in [1.165, 1.54) is 12.1 Å². The van der Waals surface area contributed by atoms with Gasteiger partial charge in [0.2, 0.25) is 0 Å². The van der Waals surface area contributed by atoms with Crippen molar-refractivity contribution in [1.29, 1.82) is 5.26 Å². The van der Waals surface area contributed by atoms with Crippen LogP contribution in [0.15, 0.2) is 24.3 Å². The standard InChI is InChI=1S/C21H25F3N4O2/c1-14-4-3-5-15(2)21(14)18(29)28(19(30)26-21)13-27(12-20(22,23)24)11-17-8-6-16(10-25)7-9-17/h6-9,14-15H,3-5,11-13H2,1-2H3,(H,26,30)/t14-,15+,21?. The van der Waals surface area contributed by atoms with Gasteiger partial charge in [-0.2, -0.15) is 18.4 Å². The van der Waals surface area contributed by atoms with Gasteiger partial charge >= 0.3 is 12.2 Å². The van der Waals surface area contributed by atoms with Gasteiger partial charge in [0.15, 0.2) is 0 Å². The fourth-order valence-corrected chi connectivity index (χ4v) is 4.63. The minimum Gasteiger partial charge on any atom is -0.323 e. The van der Waals surface area contributed by atoms with Crippen LogP contribution in [-0.2, 0) is 11.3 Å². The highest BCUT2D eigenvalue weighted by molar-refractivity contribution is 6.07. The van der Waals surface area contributed by atoms with Crippen LogP contribution in [0, 0.1) is 23.2 Å². The topological polar surface area (TPSA) is 76.4 Å². The number of halogens is 3. The predicted octanol–water partition coefficient (Wildman–Crippen LogP) is 3.63. The number of alkyl halides is 3. The third-order valence-electron chi connectivity index (χ3n) is 6.22. The summed E-state index contributed by atoms with van der Waals surface area (Å²) in [5, 5.41) is 11.7. The van der Waals surface area contributed by atoms with Crippen LogP contribution >= 0.6 is 0 Å². The molecule has 1 aromatic rings. The SMILES string of the molecule is C[C@@H]1CCC[C@H](C)C12NC(=O)N(CN(Cc1ccc(C#N)cc1)CC(F)(F)F)C2=O. The zero-order valence-electron chi connectivity index (χ0n) is 17.0. The van der Waals surface area contributed by atoms with Crippen molar-refractivity contribution < 1.29 is 22.8 Å². The van der Waals surface area contributed by atoms with Crippen LogP contribution in [-0.4, -0.2) is 46.7 Å². The van der Waals surface area contributed by atoms with Gasteiger partial charge in [-0.1, -0.05) is 32.4 Å². The lowest BCUT2D eigenvalue weighted by atomic mass is 9.67. The normalized spacial score (nSPS) is 26.9. The first-order valence-corrected chi connectivity index (χ1v) is 9.99. The average molecular weight is 422 g/mol. The van der Waals surface area contributed by atoms with Crippen LogP contribution < -0.4 is 5.32 Å². The van der Waals surface area contributed by atoms with Gasteiger partial charge in [-0.15, -0.1) is 0 Å². The zero-order chi connectivity index (χ0) is 22.1. The van der Waals surface area contributed by atoms with E-state index in [1.807, 2.05) is 19.9 Å². The summed E-state index contributed by atoms with van der Waals surface area (Å²) in [4.78, 5) is 27.8. The van der Waals surface area contributed by atoms with E-state index in [9.17, 15) is 22.8 Å². The maximum absolute atomic E-state index is 13.2. The smallest absolute Gasteiger partial charge is 0.323 e. The lowest BCUT2D eigenvalue weighted by Crippen LogP contribution is -2.59. The molecule has 3 amide bonds. The quantitative estimate of drug-likeness (QED) is 0.736. The van der Waals surface area contributed by atoms with Crippen molar-refractivity contribution in [3.8, 4) is 6.07 Å². The molecule has 30 heavy (non-hydrogen) atoms. The second-order valence-electron chi connectivity index (χ2n) is 8.32. The Hall–Kier alpha value is -2.60. The summed E-state index contributed by atoms with van der Waals surface area (Å²) < 4.78 is 39.5. The molecule has 6 nitrogen and oxygen atoms in total. The lowest BCUT2D eigenvalue weighted by Gasteiger charge is -2.42. The van der Waals surface area contributed by atoms with E-state index in [1.54, 1.807) is 12.1 Å². The first-order chi connectivity index (χ1) is 14.1. The largest absolute Gasteiger partial charge is 0.401 e. The van der Waals surface area contributed by atoms with Crippen LogP contribution in [0.2, 0.25) is 0 Å². The number of hydrogen-bond donors (Lipinski definition) is 1. The molecule has 1 saturated carbocycles. The molecule has 9 heteroatoms. The molecule has 1 unspecified atom stereocenters. The molecule has 1 aliphatic carbocycles. The maximum Gasteiger partial charge on any atom is 0.401 e.